The average molecular weight is 364 g/mol. The van der Waals surface area contributed by atoms with Crippen molar-refractivity contribution in [3.63, 3.8) is 0 Å². The summed E-state index contributed by atoms with van der Waals surface area (Å²) in [6.07, 6.45) is 6.47. The quantitative estimate of drug-likeness (QED) is 0.750. The molecule has 6 heteroatoms. The topological polar surface area (TPSA) is 59.3 Å². The lowest BCUT2D eigenvalue weighted by atomic mass is 10.1. The molecule has 5 rings (SSSR count). The van der Waals surface area contributed by atoms with Gasteiger partial charge in [-0.3, -0.25) is 9.20 Å². The van der Waals surface area contributed by atoms with E-state index in [1.54, 1.807) is 18.5 Å². The number of rotatable bonds is 5. The zero-order chi connectivity index (χ0) is 18.5. The highest BCUT2D eigenvalue weighted by atomic mass is 19.1. The second kappa shape index (κ2) is 6.15. The second-order valence-electron chi connectivity index (χ2n) is 7.75. The molecule has 2 aliphatic rings. The van der Waals surface area contributed by atoms with Crippen molar-refractivity contribution in [3.05, 3.63) is 53.9 Å². The fraction of sp³-hybridized carbons (Fsp3) is 0.381. The second-order valence-corrected chi connectivity index (χ2v) is 7.75. The largest absolute Gasteiger partial charge is 0.347 e. The highest BCUT2D eigenvalue weighted by Crippen LogP contribution is 2.44. The summed E-state index contributed by atoms with van der Waals surface area (Å²) < 4.78 is 15.1. The number of hydrogen-bond donors (Lipinski definition) is 1. The number of fused-ring (bicyclic) bond motifs is 1. The minimum absolute atomic E-state index is 0.149. The van der Waals surface area contributed by atoms with E-state index < -0.39 is 0 Å². The SMILES string of the molecule is Cc1cc(-c2ccc(F)cc2)nc2c(C(=O)NC(C3CC3)C3CC3)ncn12. The fourth-order valence-corrected chi connectivity index (χ4v) is 3.80. The van der Waals surface area contributed by atoms with Crippen molar-refractivity contribution in [1.82, 2.24) is 19.7 Å². The lowest BCUT2D eigenvalue weighted by molar-refractivity contribution is 0.0923. The first-order valence-corrected chi connectivity index (χ1v) is 9.51. The molecule has 0 radical (unpaired) electrons. The van der Waals surface area contributed by atoms with Gasteiger partial charge in [0.25, 0.3) is 5.91 Å². The molecule has 0 bridgehead atoms. The molecule has 0 unspecified atom stereocenters. The Morgan fingerprint density at radius 3 is 2.48 bits per heavy atom. The standard InChI is InChI=1S/C21H21FN4O/c1-12-10-17(13-6-8-16(22)9-7-13)24-20-19(23-11-26(12)20)21(27)25-18(14-2-3-14)15-4-5-15/h6-11,14-15,18H,2-5H2,1H3,(H,25,27). The number of aromatic nitrogens is 3. The van der Waals surface area contributed by atoms with Crippen molar-refractivity contribution in [2.45, 2.75) is 38.6 Å². The molecule has 138 valence electrons. The monoisotopic (exact) mass is 364 g/mol. The Morgan fingerprint density at radius 2 is 1.85 bits per heavy atom. The molecule has 0 atom stereocenters. The Morgan fingerprint density at radius 1 is 1.19 bits per heavy atom. The van der Waals surface area contributed by atoms with Crippen LogP contribution in [0.25, 0.3) is 16.9 Å². The van der Waals surface area contributed by atoms with Gasteiger partial charge in [0.05, 0.1) is 5.69 Å². The molecular formula is C21H21FN4O. The van der Waals surface area contributed by atoms with Crippen LogP contribution in [-0.4, -0.2) is 26.3 Å². The van der Waals surface area contributed by atoms with Gasteiger partial charge >= 0.3 is 0 Å². The molecule has 3 aromatic rings. The minimum atomic E-state index is -0.285. The Bertz CT molecular complexity index is 1010. The lowest BCUT2D eigenvalue weighted by Gasteiger charge is -2.16. The number of hydrogen-bond acceptors (Lipinski definition) is 3. The molecule has 0 aliphatic heterocycles. The minimum Gasteiger partial charge on any atom is -0.347 e. The number of nitrogens with one attached hydrogen (secondary N) is 1. The first-order valence-electron chi connectivity index (χ1n) is 9.51. The number of imidazole rings is 1. The molecule has 5 nitrogen and oxygen atoms in total. The molecule has 2 aliphatic carbocycles. The van der Waals surface area contributed by atoms with Crippen LogP contribution in [-0.2, 0) is 0 Å². The van der Waals surface area contributed by atoms with Crippen molar-refractivity contribution >= 4 is 11.6 Å². The predicted molar refractivity (Wildman–Crippen MR) is 99.8 cm³/mol. The molecule has 2 aromatic heterocycles. The summed E-state index contributed by atoms with van der Waals surface area (Å²) in [6.45, 7) is 1.95. The number of halogens is 1. The van der Waals surface area contributed by atoms with E-state index in [0.29, 0.717) is 28.9 Å². The van der Waals surface area contributed by atoms with Crippen LogP contribution in [0.2, 0.25) is 0 Å². The number of carbonyl (C=O) groups is 1. The van der Waals surface area contributed by atoms with Crippen LogP contribution in [0.3, 0.4) is 0 Å². The highest BCUT2D eigenvalue weighted by molar-refractivity contribution is 5.98. The fourth-order valence-electron chi connectivity index (χ4n) is 3.80. The normalized spacial score (nSPS) is 16.9. The van der Waals surface area contributed by atoms with E-state index in [1.807, 2.05) is 17.4 Å². The van der Waals surface area contributed by atoms with Crippen LogP contribution >= 0.6 is 0 Å². The Balaban J connectivity index is 1.50. The van der Waals surface area contributed by atoms with Crippen molar-refractivity contribution in [2.24, 2.45) is 11.8 Å². The summed E-state index contributed by atoms with van der Waals surface area (Å²) in [5, 5.41) is 3.22. The van der Waals surface area contributed by atoms with Gasteiger partial charge in [-0.1, -0.05) is 0 Å². The molecule has 27 heavy (non-hydrogen) atoms. The molecule has 1 aromatic carbocycles. The van der Waals surface area contributed by atoms with Gasteiger partial charge in [-0.2, -0.15) is 0 Å². The zero-order valence-corrected chi connectivity index (χ0v) is 15.2. The van der Waals surface area contributed by atoms with Gasteiger partial charge in [0.1, 0.15) is 12.1 Å². The zero-order valence-electron chi connectivity index (χ0n) is 15.2. The van der Waals surface area contributed by atoms with E-state index in [1.165, 1.54) is 37.8 Å². The van der Waals surface area contributed by atoms with Gasteiger partial charge < -0.3 is 5.32 Å². The third-order valence-corrected chi connectivity index (χ3v) is 5.61. The molecule has 0 spiro atoms. The molecule has 2 heterocycles. The molecule has 1 amide bonds. The lowest BCUT2D eigenvalue weighted by Crippen LogP contribution is -2.38. The van der Waals surface area contributed by atoms with Gasteiger partial charge in [0, 0.05) is 17.3 Å². The van der Waals surface area contributed by atoms with Gasteiger partial charge in [-0.15, -0.1) is 0 Å². The molecule has 0 saturated heterocycles. The van der Waals surface area contributed by atoms with Crippen LogP contribution in [0.5, 0.6) is 0 Å². The number of nitrogens with zero attached hydrogens (tertiary/aromatic N) is 3. The Labute approximate surface area is 156 Å². The third-order valence-electron chi connectivity index (χ3n) is 5.61. The van der Waals surface area contributed by atoms with Gasteiger partial charge in [-0.05, 0) is 74.8 Å². The Hall–Kier alpha value is -2.76. The van der Waals surface area contributed by atoms with Crippen molar-refractivity contribution in [1.29, 1.82) is 0 Å². The first-order chi connectivity index (χ1) is 13.1. The van der Waals surface area contributed by atoms with Crippen LogP contribution in [0.15, 0.2) is 36.7 Å². The van der Waals surface area contributed by atoms with Crippen LogP contribution in [0.1, 0.15) is 41.9 Å². The predicted octanol–water partition coefficient (Wildman–Crippen LogP) is 3.76. The maximum atomic E-state index is 13.2. The number of benzene rings is 1. The molecule has 1 N–H and O–H groups in total. The van der Waals surface area contributed by atoms with Crippen LogP contribution in [0.4, 0.5) is 4.39 Å². The average Bonchev–Trinajstić information content (AvgIpc) is 3.58. The van der Waals surface area contributed by atoms with E-state index in [9.17, 15) is 9.18 Å². The molecule has 2 saturated carbocycles. The van der Waals surface area contributed by atoms with Crippen molar-refractivity contribution in [2.75, 3.05) is 0 Å². The smallest absolute Gasteiger partial charge is 0.274 e. The summed E-state index contributed by atoms with van der Waals surface area (Å²) in [7, 11) is 0. The summed E-state index contributed by atoms with van der Waals surface area (Å²) >= 11 is 0. The summed E-state index contributed by atoms with van der Waals surface area (Å²) in [5.41, 5.74) is 3.33. The van der Waals surface area contributed by atoms with E-state index in [0.717, 1.165) is 11.3 Å². The maximum Gasteiger partial charge on any atom is 0.274 e. The number of carbonyl (C=O) groups excluding carboxylic acids is 1. The van der Waals surface area contributed by atoms with E-state index in [-0.39, 0.29) is 17.8 Å². The number of amides is 1. The maximum absolute atomic E-state index is 13.2. The summed E-state index contributed by atoms with van der Waals surface area (Å²) in [6, 6.07) is 8.41. The Kier molecular flexibility index (Phi) is 3.74. The first kappa shape index (κ1) is 16.4. The molecule has 2 fully saturated rings. The van der Waals surface area contributed by atoms with Gasteiger partial charge in [-0.25, -0.2) is 14.4 Å². The van der Waals surface area contributed by atoms with E-state index in [4.69, 9.17) is 0 Å². The van der Waals surface area contributed by atoms with E-state index >= 15 is 0 Å². The van der Waals surface area contributed by atoms with Crippen molar-refractivity contribution in [3.8, 4) is 11.3 Å². The van der Waals surface area contributed by atoms with Gasteiger partial charge in [0.15, 0.2) is 11.3 Å². The summed E-state index contributed by atoms with van der Waals surface area (Å²) in [5.74, 6) is 0.816. The number of aryl methyl sites for hydroxylation is 1. The van der Waals surface area contributed by atoms with E-state index in [2.05, 4.69) is 15.3 Å². The summed E-state index contributed by atoms with van der Waals surface area (Å²) in [4.78, 5) is 21.9. The third kappa shape index (κ3) is 3.09. The van der Waals surface area contributed by atoms with Gasteiger partial charge in [0.2, 0.25) is 0 Å². The van der Waals surface area contributed by atoms with Crippen molar-refractivity contribution < 1.29 is 9.18 Å². The highest BCUT2D eigenvalue weighted by Gasteiger charge is 2.42. The van der Waals surface area contributed by atoms with Crippen LogP contribution in [0, 0.1) is 24.6 Å². The molecular weight excluding hydrogens is 343 g/mol. The van der Waals surface area contributed by atoms with Crippen LogP contribution < -0.4 is 5.32 Å².